The fourth-order valence-corrected chi connectivity index (χ4v) is 3.16. The van der Waals surface area contributed by atoms with Crippen LogP contribution < -0.4 is 16.0 Å². The van der Waals surface area contributed by atoms with Crippen LogP contribution in [0.25, 0.3) is 0 Å². The van der Waals surface area contributed by atoms with Gasteiger partial charge in [-0.1, -0.05) is 56.7 Å². The summed E-state index contributed by atoms with van der Waals surface area (Å²) < 4.78 is 10.4. The molecule has 1 aromatic heterocycles. The molecule has 2 rings (SSSR count). The van der Waals surface area contributed by atoms with Gasteiger partial charge in [-0.15, -0.1) is 0 Å². The van der Waals surface area contributed by atoms with E-state index in [2.05, 4.69) is 34.8 Å². The molecule has 0 aliphatic carbocycles. The fraction of sp³-hybridized carbons (Fsp3) is 0.448. The highest BCUT2D eigenvalue weighted by Gasteiger charge is 2.31. The van der Waals surface area contributed by atoms with Crippen LogP contribution in [0, 0.1) is 0 Å². The highest BCUT2D eigenvalue weighted by Crippen LogP contribution is 2.11. The molecule has 41 heavy (non-hydrogen) atoms. The number of pyridine rings is 1. The molecule has 2 aromatic rings. The van der Waals surface area contributed by atoms with Crippen LogP contribution in [0.1, 0.15) is 58.7 Å². The number of aliphatic carboxylic acids is 1. The van der Waals surface area contributed by atoms with Crippen LogP contribution in [0.3, 0.4) is 0 Å². The number of esters is 1. The van der Waals surface area contributed by atoms with Gasteiger partial charge in [0.05, 0.1) is 6.42 Å². The molecule has 1 heterocycles. The lowest BCUT2D eigenvalue weighted by Crippen LogP contribution is -2.55. The molecule has 1 aromatic carbocycles. The Morgan fingerprint density at radius 2 is 1.54 bits per heavy atom. The molecule has 0 saturated carbocycles. The van der Waals surface area contributed by atoms with Gasteiger partial charge in [-0.25, -0.2) is 4.79 Å². The summed E-state index contributed by atoms with van der Waals surface area (Å²) in [7, 11) is 0. The molecule has 0 bridgehead atoms. The second kappa shape index (κ2) is 18.0. The molecule has 12 heteroatoms. The van der Waals surface area contributed by atoms with Gasteiger partial charge in [0.2, 0.25) is 11.8 Å². The maximum Gasteiger partial charge on any atom is 0.408 e. The zero-order chi connectivity index (χ0) is 30.8. The van der Waals surface area contributed by atoms with Crippen LogP contribution in [0.4, 0.5) is 4.79 Å². The summed E-state index contributed by atoms with van der Waals surface area (Å²) in [5.41, 5.74) is 0.313. The molecule has 0 fully saturated rings. The molecule has 0 spiro atoms. The fourth-order valence-electron chi connectivity index (χ4n) is 3.16. The number of carbonyl (C=O) groups is 5. The van der Waals surface area contributed by atoms with Crippen molar-refractivity contribution in [2.24, 2.45) is 0 Å². The number of carboxylic acid groups (broad SMARTS) is 1. The van der Waals surface area contributed by atoms with E-state index in [0.29, 0.717) is 11.3 Å². The summed E-state index contributed by atoms with van der Waals surface area (Å²) >= 11 is 0. The molecule has 12 nitrogen and oxygen atoms in total. The van der Waals surface area contributed by atoms with E-state index in [1.54, 1.807) is 69.3 Å². The highest BCUT2D eigenvalue weighted by atomic mass is 16.6. The van der Waals surface area contributed by atoms with E-state index >= 15 is 0 Å². The Bertz CT molecular complexity index is 1120. The number of carbonyl (C=O) groups excluding carboxylic acids is 4. The van der Waals surface area contributed by atoms with Gasteiger partial charge >= 0.3 is 18.0 Å². The number of alkyl carbamates (subject to hydrolysis) is 1. The van der Waals surface area contributed by atoms with Crippen LogP contribution in [-0.4, -0.2) is 64.2 Å². The number of carboxylic acids is 1. The SMILES string of the molecule is CC(C)(C)OC(=O)C[C@H](NC(=O)OCc1ccccc1)C(=O)NC(Cc1ccccn1)C(=O)NCC(=O)O.CCC. The van der Waals surface area contributed by atoms with E-state index in [1.165, 1.54) is 12.6 Å². The Labute approximate surface area is 240 Å². The number of amides is 3. The van der Waals surface area contributed by atoms with Crippen LogP contribution in [0.2, 0.25) is 0 Å². The third-order valence-corrected chi connectivity index (χ3v) is 4.80. The molecular formula is C29H40N4O8. The Morgan fingerprint density at radius 3 is 2.10 bits per heavy atom. The summed E-state index contributed by atoms with van der Waals surface area (Å²) in [6.45, 7) is 8.46. The van der Waals surface area contributed by atoms with Gasteiger partial charge in [-0.05, 0) is 38.5 Å². The number of hydrogen-bond donors (Lipinski definition) is 4. The summed E-state index contributed by atoms with van der Waals surface area (Å²) in [5, 5.41) is 15.9. The molecule has 224 valence electrons. The van der Waals surface area contributed by atoms with Crippen molar-refractivity contribution in [2.45, 2.75) is 78.2 Å². The van der Waals surface area contributed by atoms with E-state index in [4.69, 9.17) is 14.6 Å². The average Bonchev–Trinajstić information content (AvgIpc) is 2.90. The maximum absolute atomic E-state index is 13.2. The largest absolute Gasteiger partial charge is 0.480 e. The summed E-state index contributed by atoms with van der Waals surface area (Å²) in [4.78, 5) is 65.8. The van der Waals surface area contributed by atoms with Crippen molar-refractivity contribution >= 4 is 29.8 Å². The van der Waals surface area contributed by atoms with E-state index in [-0.39, 0.29) is 13.0 Å². The lowest BCUT2D eigenvalue weighted by molar-refractivity contribution is -0.156. The van der Waals surface area contributed by atoms with E-state index in [1.807, 2.05) is 0 Å². The van der Waals surface area contributed by atoms with Crippen LogP contribution >= 0.6 is 0 Å². The number of nitrogens with one attached hydrogen (secondary N) is 3. The van der Waals surface area contributed by atoms with Gasteiger partial charge in [-0.3, -0.25) is 24.2 Å². The van der Waals surface area contributed by atoms with Gasteiger partial charge in [0.15, 0.2) is 0 Å². The number of rotatable bonds is 12. The summed E-state index contributed by atoms with van der Waals surface area (Å²) in [6, 6.07) is 11.1. The lowest BCUT2D eigenvalue weighted by Gasteiger charge is -2.24. The third kappa shape index (κ3) is 15.6. The van der Waals surface area contributed by atoms with Crippen molar-refractivity contribution in [2.75, 3.05) is 6.54 Å². The van der Waals surface area contributed by atoms with Gasteiger partial charge in [0.1, 0.15) is 30.8 Å². The van der Waals surface area contributed by atoms with E-state index in [0.717, 1.165) is 0 Å². The quantitative estimate of drug-likeness (QED) is 0.279. The van der Waals surface area contributed by atoms with Crippen molar-refractivity contribution in [3.8, 4) is 0 Å². The number of ether oxygens (including phenoxy) is 2. The first-order valence-corrected chi connectivity index (χ1v) is 13.2. The standard InChI is InChI=1S/C26H32N4O8.C3H8/c1-26(2,3)38-22(33)14-20(30-25(36)37-16-17-9-5-4-6-10-17)24(35)29-19(23(34)28-15-21(31)32)13-18-11-7-8-12-27-18;1-3-2/h4-12,19-20H,13-16H2,1-3H3,(H,28,34)(H,29,35)(H,30,36)(H,31,32);3H2,1-2H3/t19?,20-;/m0./s1. The predicted molar refractivity (Wildman–Crippen MR) is 150 cm³/mol. The first-order valence-electron chi connectivity index (χ1n) is 13.2. The molecular weight excluding hydrogens is 532 g/mol. The molecule has 3 amide bonds. The highest BCUT2D eigenvalue weighted by molar-refractivity contribution is 5.94. The zero-order valence-electron chi connectivity index (χ0n) is 24.1. The molecule has 0 aliphatic rings. The first-order chi connectivity index (χ1) is 19.3. The van der Waals surface area contributed by atoms with Crippen molar-refractivity contribution < 1.29 is 38.6 Å². The van der Waals surface area contributed by atoms with Crippen LogP contribution in [0.5, 0.6) is 0 Å². The Kier molecular flexibility index (Phi) is 15.1. The van der Waals surface area contributed by atoms with Gasteiger partial charge in [-0.2, -0.15) is 0 Å². The van der Waals surface area contributed by atoms with Gasteiger partial charge in [0, 0.05) is 18.3 Å². The summed E-state index contributed by atoms with van der Waals surface area (Å²) in [6.07, 6.45) is 1.17. The summed E-state index contributed by atoms with van der Waals surface area (Å²) in [5.74, 6) is -3.70. The molecule has 4 N–H and O–H groups in total. The average molecular weight is 573 g/mol. The number of benzene rings is 1. The first kappa shape index (κ1) is 34.5. The minimum atomic E-state index is -1.45. The Morgan fingerprint density at radius 1 is 0.902 bits per heavy atom. The Hall–Kier alpha value is -4.48. The monoisotopic (exact) mass is 572 g/mol. The zero-order valence-corrected chi connectivity index (χ0v) is 24.1. The van der Waals surface area contributed by atoms with E-state index < -0.39 is 60.5 Å². The number of hydrogen-bond acceptors (Lipinski definition) is 8. The van der Waals surface area contributed by atoms with Crippen LogP contribution in [-0.2, 0) is 41.7 Å². The number of nitrogens with zero attached hydrogens (tertiary/aromatic N) is 1. The molecule has 2 atom stereocenters. The second-order valence-electron chi connectivity index (χ2n) is 9.95. The normalized spacial score (nSPS) is 11.9. The lowest BCUT2D eigenvalue weighted by atomic mass is 10.1. The second-order valence-corrected chi connectivity index (χ2v) is 9.95. The molecule has 1 unspecified atom stereocenters. The molecule has 0 aliphatic heterocycles. The van der Waals surface area contributed by atoms with Gasteiger partial charge in [0.25, 0.3) is 0 Å². The van der Waals surface area contributed by atoms with Crippen molar-refractivity contribution in [3.05, 3.63) is 66.0 Å². The van der Waals surface area contributed by atoms with Crippen LogP contribution in [0.15, 0.2) is 54.7 Å². The minimum absolute atomic E-state index is 0.0738. The molecule has 0 saturated heterocycles. The maximum atomic E-state index is 13.2. The minimum Gasteiger partial charge on any atom is -0.480 e. The molecule has 0 radical (unpaired) electrons. The van der Waals surface area contributed by atoms with Crippen molar-refractivity contribution in [1.29, 1.82) is 0 Å². The topological polar surface area (TPSA) is 173 Å². The number of aromatic nitrogens is 1. The van der Waals surface area contributed by atoms with E-state index in [9.17, 15) is 24.0 Å². The van der Waals surface area contributed by atoms with Crippen molar-refractivity contribution in [3.63, 3.8) is 0 Å². The van der Waals surface area contributed by atoms with Crippen molar-refractivity contribution in [1.82, 2.24) is 20.9 Å². The third-order valence-electron chi connectivity index (χ3n) is 4.80. The smallest absolute Gasteiger partial charge is 0.408 e. The van der Waals surface area contributed by atoms with Gasteiger partial charge < -0.3 is 30.5 Å². The predicted octanol–water partition coefficient (Wildman–Crippen LogP) is 2.75. The Balaban J connectivity index is 0.00000268.